The molecule has 3 heterocycles. The van der Waals surface area contributed by atoms with E-state index >= 15 is 0 Å². The summed E-state index contributed by atoms with van der Waals surface area (Å²) in [6.45, 7) is 18.2. The summed E-state index contributed by atoms with van der Waals surface area (Å²) >= 11 is 0. The van der Waals surface area contributed by atoms with Crippen molar-refractivity contribution in [3.8, 4) is 0 Å². The van der Waals surface area contributed by atoms with Crippen molar-refractivity contribution in [1.82, 2.24) is 14.7 Å². The van der Waals surface area contributed by atoms with Gasteiger partial charge in [-0.1, -0.05) is 51.7 Å². The molecule has 0 saturated carbocycles. The van der Waals surface area contributed by atoms with Crippen LogP contribution in [0.15, 0.2) is 48.1 Å². The highest BCUT2D eigenvalue weighted by molar-refractivity contribution is 5.70. The van der Waals surface area contributed by atoms with Crippen LogP contribution in [-0.4, -0.2) is 138 Å². The highest BCUT2D eigenvalue weighted by atomic mass is 16.6. The summed E-state index contributed by atoms with van der Waals surface area (Å²) in [6, 6.07) is 0. The largest absolute Gasteiger partial charge is 0.457 e. The minimum atomic E-state index is -1.14. The minimum Gasteiger partial charge on any atom is -0.457 e. The molecule has 0 radical (unpaired) electrons. The van der Waals surface area contributed by atoms with Crippen molar-refractivity contribution in [2.45, 2.75) is 109 Å². The van der Waals surface area contributed by atoms with Gasteiger partial charge in [0.2, 0.25) is 0 Å². The molecule has 9 atom stereocenters. The van der Waals surface area contributed by atoms with Crippen molar-refractivity contribution in [3.05, 3.63) is 48.1 Å². The minimum absolute atomic E-state index is 0.000161. The Hall–Kier alpha value is -2.54. The predicted octanol–water partition coefficient (Wildman–Crippen LogP) is 3.69. The molecule has 272 valence electrons. The molecular formula is C37H61N3O8. The lowest BCUT2D eigenvalue weighted by Gasteiger charge is -2.35. The van der Waals surface area contributed by atoms with E-state index in [9.17, 15) is 24.9 Å². The lowest BCUT2D eigenvalue weighted by molar-refractivity contribution is -0.151. The molecule has 3 N–H and O–H groups in total. The van der Waals surface area contributed by atoms with Gasteiger partial charge in [0.15, 0.2) is 0 Å². The first-order chi connectivity index (χ1) is 22.6. The predicted molar refractivity (Wildman–Crippen MR) is 186 cm³/mol. The van der Waals surface area contributed by atoms with E-state index in [4.69, 9.17) is 14.2 Å². The van der Waals surface area contributed by atoms with Crippen LogP contribution in [0.1, 0.15) is 66.7 Å². The van der Waals surface area contributed by atoms with Crippen molar-refractivity contribution in [3.63, 3.8) is 0 Å². The maximum atomic E-state index is 13.2. The molecule has 0 bridgehead atoms. The van der Waals surface area contributed by atoms with E-state index in [1.165, 1.54) is 0 Å². The third-order valence-corrected chi connectivity index (χ3v) is 9.69. The molecule has 0 aliphatic carbocycles. The van der Waals surface area contributed by atoms with Crippen LogP contribution < -0.4 is 0 Å². The van der Waals surface area contributed by atoms with E-state index in [2.05, 4.69) is 16.4 Å². The van der Waals surface area contributed by atoms with Crippen LogP contribution in [0.2, 0.25) is 0 Å². The van der Waals surface area contributed by atoms with E-state index in [1.54, 1.807) is 30.1 Å². The van der Waals surface area contributed by atoms with E-state index in [0.29, 0.717) is 37.9 Å². The highest BCUT2D eigenvalue weighted by Gasteiger charge is 2.47. The first-order valence-corrected chi connectivity index (χ1v) is 17.6. The summed E-state index contributed by atoms with van der Waals surface area (Å²) in [5.74, 6) is -0.799. The SMILES string of the molecule is C=C1CCC(O)CC(=O)OC(/C(C)=C/C=C/C(C)(O)CC2OC2C(C)C(O)CC)C(C)/C=C/C1OC(=O)N1CCN(CCN(C)C)CC1. The maximum Gasteiger partial charge on any atom is 0.410 e. The van der Waals surface area contributed by atoms with Gasteiger partial charge in [-0.2, -0.15) is 0 Å². The molecule has 0 aromatic heterocycles. The monoisotopic (exact) mass is 675 g/mol. The van der Waals surface area contributed by atoms with Crippen LogP contribution in [0.4, 0.5) is 4.79 Å². The van der Waals surface area contributed by atoms with Gasteiger partial charge < -0.3 is 39.3 Å². The molecule has 3 rings (SSSR count). The number of hydrogen-bond acceptors (Lipinski definition) is 10. The van der Waals surface area contributed by atoms with Crippen LogP contribution in [0.25, 0.3) is 0 Å². The smallest absolute Gasteiger partial charge is 0.410 e. The number of cyclic esters (lactones) is 1. The second-order valence-corrected chi connectivity index (χ2v) is 14.5. The molecule has 0 aromatic carbocycles. The van der Waals surface area contributed by atoms with Gasteiger partial charge in [0.05, 0.1) is 36.4 Å². The van der Waals surface area contributed by atoms with Crippen LogP contribution in [0.5, 0.6) is 0 Å². The second-order valence-electron chi connectivity index (χ2n) is 14.5. The Morgan fingerprint density at radius 3 is 2.58 bits per heavy atom. The Bertz CT molecular complexity index is 1160. The zero-order valence-corrected chi connectivity index (χ0v) is 30.2. The molecule has 3 aliphatic heterocycles. The van der Waals surface area contributed by atoms with E-state index in [-0.39, 0.29) is 36.9 Å². The average Bonchev–Trinajstić information content (AvgIpc) is 3.79. The topological polar surface area (TPSA) is 136 Å². The third-order valence-electron chi connectivity index (χ3n) is 9.69. The van der Waals surface area contributed by atoms with Gasteiger partial charge in [-0.05, 0) is 64.4 Å². The van der Waals surface area contributed by atoms with Gasteiger partial charge in [-0.3, -0.25) is 9.69 Å². The first-order valence-electron chi connectivity index (χ1n) is 17.6. The highest BCUT2D eigenvalue weighted by Crippen LogP contribution is 2.37. The molecule has 9 unspecified atom stereocenters. The van der Waals surface area contributed by atoms with Crippen molar-refractivity contribution in [2.24, 2.45) is 11.8 Å². The van der Waals surface area contributed by atoms with E-state index in [1.807, 2.05) is 53.9 Å². The summed E-state index contributed by atoms with van der Waals surface area (Å²) in [7, 11) is 4.10. The molecule has 2 saturated heterocycles. The Labute approximate surface area is 287 Å². The molecule has 0 spiro atoms. The van der Waals surface area contributed by atoms with Crippen LogP contribution >= 0.6 is 0 Å². The molecule has 2 fully saturated rings. The third kappa shape index (κ3) is 12.7. The molecule has 48 heavy (non-hydrogen) atoms. The number of carbonyl (C=O) groups excluding carboxylic acids is 2. The molecular weight excluding hydrogens is 614 g/mol. The fraction of sp³-hybridized carbons (Fsp3) is 0.730. The first kappa shape index (κ1) is 39.9. The summed E-state index contributed by atoms with van der Waals surface area (Å²) in [5.41, 5.74) is 0.264. The van der Waals surface area contributed by atoms with E-state index < -0.39 is 42.1 Å². The second kappa shape index (κ2) is 18.5. The Morgan fingerprint density at radius 2 is 1.94 bits per heavy atom. The number of hydrogen-bond donors (Lipinski definition) is 3. The summed E-state index contributed by atoms with van der Waals surface area (Å²) < 4.78 is 17.6. The number of aliphatic hydroxyl groups excluding tert-OH is 2. The lowest BCUT2D eigenvalue weighted by Crippen LogP contribution is -2.50. The number of amides is 1. The van der Waals surface area contributed by atoms with Crippen LogP contribution in [0.3, 0.4) is 0 Å². The van der Waals surface area contributed by atoms with Crippen molar-refractivity contribution >= 4 is 12.1 Å². The van der Waals surface area contributed by atoms with Crippen molar-refractivity contribution < 1.29 is 39.1 Å². The number of carbonyl (C=O) groups is 2. The number of esters is 1. The Morgan fingerprint density at radius 1 is 1.25 bits per heavy atom. The fourth-order valence-corrected chi connectivity index (χ4v) is 6.26. The van der Waals surface area contributed by atoms with Crippen molar-refractivity contribution in [1.29, 1.82) is 0 Å². The summed E-state index contributed by atoms with van der Waals surface area (Å²) in [5, 5.41) is 31.7. The van der Waals surface area contributed by atoms with Gasteiger partial charge in [-0.25, -0.2) is 4.79 Å². The Kier molecular flexibility index (Phi) is 15.3. The summed E-state index contributed by atoms with van der Waals surface area (Å²) in [4.78, 5) is 32.3. The zero-order valence-electron chi connectivity index (χ0n) is 30.2. The molecule has 3 aliphatic rings. The average molecular weight is 676 g/mol. The molecule has 0 aromatic rings. The Balaban J connectivity index is 1.67. The maximum absolute atomic E-state index is 13.2. The standard InChI is InChI=1S/C37H61N3O8/c1-9-30(42)28(5)35-32(46-35)24-37(6,45)16-10-11-26(3)34-27(4)13-15-31(25(2)12-14-29(41)23-33(43)48-34)47-36(44)40-21-19-39(20-22-40)18-17-38(7)8/h10-11,13,15-16,27-32,34-35,41-42,45H,2,9,12,14,17-24H2,1,3-8H3/b15-13+,16-10+,26-11+. The molecule has 11 heteroatoms. The summed E-state index contributed by atoms with van der Waals surface area (Å²) in [6.07, 6.45) is 7.21. The fourth-order valence-electron chi connectivity index (χ4n) is 6.26. The van der Waals surface area contributed by atoms with Crippen LogP contribution in [0, 0.1) is 11.8 Å². The number of nitrogens with zero attached hydrogens (tertiary/aromatic N) is 3. The number of aliphatic hydroxyl groups is 3. The zero-order chi connectivity index (χ0) is 35.6. The number of ether oxygens (including phenoxy) is 3. The van der Waals surface area contributed by atoms with Crippen LogP contribution in [-0.2, 0) is 19.0 Å². The number of allylic oxidation sites excluding steroid dienone is 2. The molecule has 1 amide bonds. The van der Waals surface area contributed by atoms with Crippen molar-refractivity contribution in [2.75, 3.05) is 53.4 Å². The van der Waals surface area contributed by atoms with E-state index in [0.717, 1.165) is 31.8 Å². The number of epoxide rings is 1. The van der Waals surface area contributed by atoms with Gasteiger partial charge in [-0.15, -0.1) is 0 Å². The van der Waals surface area contributed by atoms with Gasteiger partial charge >= 0.3 is 12.1 Å². The number of likely N-dealkylation sites (N-methyl/N-ethyl adjacent to an activating group) is 1. The number of piperazine rings is 1. The van der Waals surface area contributed by atoms with Gasteiger partial charge in [0.1, 0.15) is 12.2 Å². The van der Waals surface area contributed by atoms with Gasteiger partial charge in [0, 0.05) is 57.5 Å². The van der Waals surface area contributed by atoms with Gasteiger partial charge in [0.25, 0.3) is 0 Å². The number of rotatable bonds is 12. The normalized spacial score (nSPS) is 31.4. The lowest BCUT2D eigenvalue weighted by atomic mass is 9.91. The molecule has 11 nitrogen and oxygen atoms in total. The quantitative estimate of drug-likeness (QED) is 0.122.